The van der Waals surface area contributed by atoms with Gasteiger partial charge < -0.3 is 24.7 Å². The number of amides is 1. The second-order valence-corrected chi connectivity index (χ2v) is 12.2. The Hall–Kier alpha value is -2.19. The number of aliphatic hydroxyl groups excluding tert-OH is 1. The van der Waals surface area contributed by atoms with E-state index in [0.717, 1.165) is 38.5 Å². The highest BCUT2D eigenvalue weighted by molar-refractivity contribution is 6.05. The predicted molar refractivity (Wildman–Crippen MR) is 134 cm³/mol. The van der Waals surface area contributed by atoms with Crippen molar-refractivity contribution in [3.8, 4) is 0 Å². The molecule has 0 spiro atoms. The Morgan fingerprint density at radius 2 is 1.92 bits per heavy atom. The summed E-state index contributed by atoms with van der Waals surface area (Å²) in [5, 5.41) is 25.2. The Morgan fingerprint density at radius 3 is 2.67 bits per heavy atom. The molecule has 0 unspecified atom stereocenters. The fourth-order valence-corrected chi connectivity index (χ4v) is 8.20. The van der Waals surface area contributed by atoms with Crippen LogP contribution >= 0.6 is 0 Å². The van der Waals surface area contributed by atoms with E-state index in [-0.39, 0.29) is 30.4 Å². The van der Waals surface area contributed by atoms with Crippen molar-refractivity contribution in [1.29, 1.82) is 0 Å². The van der Waals surface area contributed by atoms with Crippen molar-refractivity contribution in [2.45, 2.75) is 83.5 Å². The summed E-state index contributed by atoms with van der Waals surface area (Å²) in [5.41, 5.74) is 1.47. The van der Waals surface area contributed by atoms with Crippen LogP contribution in [0.1, 0.15) is 65.7 Å². The number of carbonyl (C=O) groups is 2. The zero-order valence-corrected chi connectivity index (χ0v) is 21.9. The number of hydrogen-bond donors (Lipinski definition) is 2. The molecule has 5 rings (SSSR count). The maximum Gasteiger partial charge on any atom is 0.328 e. The van der Waals surface area contributed by atoms with Crippen molar-refractivity contribution >= 4 is 17.6 Å². The molecule has 0 aromatic heterocycles. The zero-order chi connectivity index (χ0) is 25.9. The van der Waals surface area contributed by atoms with Crippen LogP contribution in [0.3, 0.4) is 0 Å². The van der Waals surface area contributed by atoms with Gasteiger partial charge in [0.1, 0.15) is 11.8 Å². The van der Waals surface area contributed by atoms with Crippen LogP contribution in [0.25, 0.3) is 0 Å². The fourth-order valence-electron chi connectivity index (χ4n) is 8.20. The van der Waals surface area contributed by atoms with Crippen molar-refractivity contribution in [3.05, 3.63) is 23.8 Å². The minimum atomic E-state index is -0.790. The topological polar surface area (TPSA) is 109 Å². The maximum absolute atomic E-state index is 12.6. The van der Waals surface area contributed by atoms with E-state index in [0.29, 0.717) is 23.5 Å². The molecule has 4 aliphatic carbocycles. The molecule has 4 fully saturated rings. The third-order valence-electron chi connectivity index (χ3n) is 10.6. The highest BCUT2D eigenvalue weighted by Gasteiger charge is 2.62. The molecule has 8 heteroatoms. The van der Waals surface area contributed by atoms with E-state index in [1.807, 2.05) is 13.0 Å². The van der Waals surface area contributed by atoms with Crippen molar-refractivity contribution in [2.75, 3.05) is 20.3 Å². The summed E-state index contributed by atoms with van der Waals surface area (Å²) in [6.07, 6.45) is 12.1. The molecule has 1 heterocycles. The number of rotatable bonds is 4. The molecular formula is C28H40N2O6. The smallest absolute Gasteiger partial charge is 0.328 e. The van der Waals surface area contributed by atoms with E-state index in [9.17, 15) is 19.8 Å². The first-order valence-electron chi connectivity index (χ1n) is 13.4. The molecule has 36 heavy (non-hydrogen) atoms. The minimum absolute atomic E-state index is 0.00931. The lowest BCUT2D eigenvalue weighted by atomic mass is 9.47. The number of carbonyl (C=O) groups excluding carboxylic acids is 2. The molecule has 0 aromatic carbocycles. The van der Waals surface area contributed by atoms with E-state index in [2.05, 4.69) is 31.2 Å². The summed E-state index contributed by atoms with van der Waals surface area (Å²) in [7, 11) is 1.27. The third kappa shape index (κ3) is 3.92. The fraction of sp³-hybridized carbons (Fsp3) is 0.750. The van der Waals surface area contributed by atoms with E-state index >= 15 is 0 Å². The Morgan fingerprint density at radius 1 is 1.17 bits per heavy atom. The van der Waals surface area contributed by atoms with Gasteiger partial charge in [0.05, 0.1) is 18.8 Å². The molecule has 8 nitrogen and oxygen atoms in total. The summed E-state index contributed by atoms with van der Waals surface area (Å²) in [6.45, 7) is 6.47. The van der Waals surface area contributed by atoms with Crippen LogP contribution in [0.2, 0.25) is 0 Å². The monoisotopic (exact) mass is 500 g/mol. The Bertz CT molecular complexity index is 1020. The minimum Gasteiger partial charge on any atom is -0.467 e. The van der Waals surface area contributed by atoms with E-state index < -0.39 is 29.6 Å². The molecule has 5 aliphatic rings. The Balaban J connectivity index is 1.24. The lowest BCUT2D eigenvalue weighted by molar-refractivity contribution is -0.152. The number of esters is 1. The number of aliphatic hydroxyl groups is 2. The largest absolute Gasteiger partial charge is 0.467 e. The van der Waals surface area contributed by atoms with Gasteiger partial charge in [0.2, 0.25) is 0 Å². The van der Waals surface area contributed by atoms with Gasteiger partial charge in [-0.05, 0) is 80.8 Å². The SMILES string of the molecule is COC(=O)[C@@H]1C[C@@H](O)CN1C(=O)CON=C1C=C[C@@]2(C)C(=C1)CC[C@@H]1[C@@H]2CC[C@@]2(C)[C@H]1CC[C@]2(C)O. The summed E-state index contributed by atoms with van der Waals surface area (Å²) in [6, 6.07) is -0.790. The van der Waals surface area contributed by atoms with Gasteiger partial charge >= 0.3 is 5.97 Å². The molecule has 3 saturated carbocycles. The molecule has 0 aromatic rings. The van der Waals surface area contributed by atoms with Crippen LogP contribution in [-0.2, 0) is 19.2 Å². The van der Waals surface area contributed by atoms with E-state index in [1.54, 1.807) is 0 Å². The van der Waals surface area contributed by atoms with Crippen LogP contribution < -0.4 is 0 Å². The third-order valence-corrected chi connectivity index (χ3v) is 10.6. The summed E-state index contributed by atoms with van der Waals surface area (Å²) >= 11 is 0. The molecule has 0 bridgehead atoms. The average Bonchev–Trinajstić information content (AvgIpc) is 3.35. The molecule has 1 saturated heterocycles. The quantitative estimate of drug-likeness (QED) is 0.454. The standard InChI is InChI=1S/C28H40N2O6/c1-26-10-7-18(29-36-16-24(32)30-15-19(31)14-23(30)25(33)35-4)13-17(26)5-6-20-21(26)8-11-27(2)22(20)9-12-28(27,3)34/h7,10,13,19-23,31,34H,5-6,8-9,11-12,14-16H2,1-4H3/t19-,20-,21+,22+,23+,26+,27+,28+/m1/s1. The number of fused-ring (bicyclic) bond motifs is 5. The van der Waals surface area contributed by atoms with Gasteiger partial charge in [0.25, 0.3) is 5.91 Å². The van der Waals surface area contributed by atoms with Crippen LogP contribution in [0, 0.1) is 28.6 Å². The highest BCUT2D eigenvalue weighted by Crippen LogP contribution is 2.66. The first-order valence-corrected chi connectivity index (χ1v) is 13.4. The molecule has 0 radical (unpaired) electrons. The van der Waals surface area contributed by atoms with E-state index in [4.69, 9.17) is 9.57 Å². The maximum atomic E-state index is 12.6. The average molecular weight is 501 g/mol. The number of oxime groups is 1. The number of methoxy groups -OCH3 is 1. The summed E-state index contributed by atoms with van der Waals surface area (Å²) < 4.78 is 4.76. The van der Waals surface area contributed by atoms with Crippen molar-refractivity contribution < 1.29 is 29.4 Å². The second-order valence-electron chi connectivity index (χ2n) is 12.2. The molecule has 2 N–H and O–H groups in total. The molecular weight excluding hydrogens is 460 g/mol. The van der Waals surface area contributed by atoms with Gasteiger partial charge in [0, 0.05) is 18.4 Å². The number of nitrogens with zero attached hydrogens (tertiary/aromatic N) is 2. The lowest BCUT2D eigenvalue weighted by Gasteiger charge is -2.58. The van der Waals surface area contributed by atoms with Gasteiger partial charge in [-0.2, -0.15) is 0 Å². The van der Waals surface area contributed by atoms with Gasteiger partial charge in [-0.25, -0.2) is 4.79 Å². The summed E-state index contributed by atoms with van der Waals surface area (Å²) in [4.78, 5) is 31.3. The number of likely N-dealkylation sites (tertiary alicyclic amines) is 1. The molecule has 1 aliphatic heterocycles. The second kappa shape index (κ2) is 8.98. The first kappa shape index (κ1) is 25.5. The highest BCUT2D eigenvalue weighted by atomic mass is 16.6. The van der Waals surface area contributed by atoms with Crippen molar-refractivity contribution in [1.82, 2.24) is 4.90 Å². The Kier molecular flexibility index (Phi) is 6.35. The molecule has 198 valence electrons. The van der Waals surface area contributed by atoms with Crippen molar-refractivity contribution in [2.24, 2.45) is 33.7 Å². The predicted octanol–water partition coefficient (Wildman–Crippen LogP) is 2.98. The lowest BCUT2D eigenvalue weighted by Crippen LogP contribution is -2.53. The van der Waals surface area contributed by atoms with Crippen LogP contribution in [0.4, 0.5) is 0 Å². The van der Waals surface area contributed by atoms with Crippen LogP contribution in [0.5, 0.6) is 0 Å². The zero-order valence-electron chi connectivity index (χ0n) is 21.9. The van der Waals surface area contributed by atoms with Gasteiger partial charge in [-0.15, -0.1) is 0 Å². The number of β-amino-alcohol motifs (C(OH)–C–C–N with tert-alkyl or cyclic N) is 1. The Labute approximate surface area is 213 Å². The summed E-state index contributed by atoms with van der Waals surface area (Å²) in [5.74, 6) is 0.810. The van der Waals surface area contributed by atoms with Gasteiger partial charge in [-0.3, -0.25) is 4.79 Å². The number of hydrogen-bond acceptors (Lipinski definition) is 7. The van der Waals surface area contributed by atoms with Gasteiger partial charge in [-0.1, -0.05) is 30.7 Å². The first-order chi connectivity index (χ1) is 17.0. The molecule has 8 atom stereocenters. The number of ether oxygens (including phenoxy) is 1. The molecule has 1 amide bonds. The normalized spacial score (nSPS) is 44.5. The van der Waals surface area contributed by atoms with E-state index in [1.165, 1.54) is 17.6 Å². The number of allylic oxidation sites excluding steroid dienone is 4. The van der Waals surface area contributed by atoms with Crippen molar-refractivity contribution in [3.63, 3.8) is 0 Å². The van der Waals surface area contributed by atoms with Gasteiger partial charge in [0.15, 0.2) is 6.61 Å². The van der Waals surface area contributed by atoms with Crippen LogP contribution in [-0.4, -0.2) is 70.7 Å². The van der Waals surface area contributed by atoms with Crippen LogP contribution in [0.15, 0.2) is 29.0 Å².